The molecule has 0 N–H and O–H groups in total. The van der Waals surface area contributed by atoms with Crippen molar-refractivity contribution in [1.29, 1.82) is 0 Å². The molecular weight excluding hydrogens is 725 g/mol. The molecule has 6 aromatic rings. The van der Waals surface area contributed by atoms with Gasteiger partial charge < -0.3 is 18.9 Å². The van der Waals surface area contributed by atoms with Gasteiger partial charge in [0.15, 0.2) is 0 Å². The second-order valence-corrected chi connectivity index (χ2v) is 17.0. The fraction of sp³-hybridized carbons (Fsp3) is 0.458. The van der Waals surface area contributed by atoms with Gasteiger partial charge in [-0.15, -0.1) is 10.2 Å². The van der Waals surface area contributed by atoms with E-state index in [1.54, 1.807) is 14.2 Å². The Morgan fingerprint density at radius 1 is 0.603 bits per heavy atom. The first-order valence-corrected chi connectivity index (χ1v) is 21.5. The number of rotatable bonds is 12. The summed E-state index contributed by atoms with van der Waals surface area (Å²) in [7, 11) is 3.42. The Morgan fingerprint density at radius 2 is 1.07 bits per heavy atom. The van der Waals surface area contributed by atoms with E-state index < -0.39 is 0 Å². The van der Waals surface area contributed by atoms with Crippen molar-refractivity contribution in [2.24, 2.45) is 23.7 Å². The molecular formula is C48H54N6O4. The van der Waals surface area contributed by atoms with Crippen LogP contribution in [0.5, 0.6) is 23.3 Å². The zero-order chi connectivity index (χ0) is 39.3. The maximum atomic E-state index is 7.30. The summed E-state index contributed by atoms with van der Waals surface area (Å²) in [6.45, 7) is 9.00. The van der Waals surface area contributed by atoms with Crippen LogP contribution < -0.4 is 18.9 Å². The van der Waals surface area contributed by atoms with Crippen LogP contribution in [0.3, 0.4) is 0 Å². The topological polar surface area (TPSA) is 95.0 Å². The molecule has 3 aromatic heterocycles. The summed E-state index contributed by atoms with van der Waals surface area (Å²) in [6, 6.07) is 25.1. The Balaban J connectivity index is 1.06. The van der Waals surface area contributed by atoms with E-state index in [9.17, 15) is 0 Å². The minimum Gasteiger partial charge on any atom is -0.497 e. The molecule has 0 radical (unpaired) electrons. The van der Waals surface area contributed by atoms with Gasteiger partial charge in [0.2, 0.25) is 11.8 Å². The molecule has 6 aliphatic heterocycles. The third-order valence-corrected chi connectivity index (χ3v) is 14.3. The van der Waals surface area contributed by atoms with Crippen LogP contribution in [0.1, 0.15) is 75.7 Å². The summed E-state index contributed by atoms with van der Waals surface area (Å²) < 4.78 is 26.0. The van der Waals surface area contributed by atoms with Crippen LogP contribution in [-0.2, 0) is 0 Å². The molecule has 6 aliphatic rings. The standard InChI is InChI=1S/C48H54N6O4/c1-5-29-27-53-21-17-31(29)23-43(53)45(35-15-19-49-41-13-11-33(55-3)25-39(35)41)57-47-37-9-7-8-10-38(37)48(52-51-47)58-46(44-24-32-18-22-54(44)28-30(32)6-2)36-16-20-50-42-14-12-34(56-4)26-40(36)42/h7-16,19-20,25-26,29-32,43-46H,5-6,17-18,21-24,27-28H2,1-4H3/t29-,30-,31+,32+,43-,44+,45?,46+/m1/s1. The Morgan fingerprint density at radius 3 is 1.47 bits per heavy atom. The van der Waals surface area contributed by atoms with Gasteiger partial charge in [0.05, 0.1) is 48.1 Å². The average molecular weight is 779 g/mol. The summed E-state index contributed by atoms with van der Waals surface area (Å²) >= 11 is 0. The van der Waals surface area contributed by atoms with E-state index in [4.69, 9.17) is 39.1 Å². The lowest BCUT2D eigenvalue weighted by atomic mass is 9.72. The van der Waals surface area contributed by atoms with E-state index in [0.717, 1.165) is 94.2 Å². The van der Waals surface area contributed by atoms with Crippen molar-refractivity contribution in [2.75, 3.05) is 40.4 Å². The first-order chi connectivity index (χ1) is 28.5. The van der Waals surface area contributed by atoms with Crippen LogP contribution in [0.4, 0.5) is 0 Å². The maximum absolute atomic E-state index is 7.30. The number of hydrogen-bond acceptors (Lipinski definition) is 10. The van der Waals surface area contributed by atoms with E-state index in [2.05, 4.69) is 72.2 Å². The molecule has 6 saturated heterocycles. The van der Waals surface area contributed by atoms with E-state index in [0.29, 0.717) is 35.4 Å². The second kappa shape index (κ2) is 15.6. The predicted molar refractivity (Wildman–Crippen MR) is 227 cm³/mol. The van der Waals surface area contributed by atoms with E-state index in [-0.39, 0.29) is 24.3 Å². The zero-order valence-electron chi connectivity index (χ0n) is 34.1. The summed E-state index contributed by atoms with van der Waals surface area (Å²) in [4.78, 5) is 14.8. The lowest BCUT2D eigenvalue weighted by Crippen LogP contribution is -2.56. The third kappa shape index (κ3) is 6.58. The minimum absolute atomic E-state index is 0.180. The number of benzene rings is 3. The molecule has 10 atom stereocenters. The molecule has 0 spiro atoms. The predicted octanol–water partition coefficient (Wildman–Crippen LogP) is 9.22. The molecule has 58 heavy (non-hydrogen) atoms. The van der Waals surface area contributed by atoms with Crippen LogP contribution in [0, 0.1) is 23.7 Å². The number of hydrogen-bond donors (Lipinski definition) is 0. The van der Waals surface area contributed by atoms with Gasteiger partial charge in [-0.3, -0.25) is 19.8 Å². The number of pyridine rings is 2. The van der Waals surface area contributed by atoms with Crippen molar-refractivity contribution >= 4 is 32.6 Å². The highest BCUT2D eigenvalue weighted by atomic mass is 16.5. The van der Waals surface area contributed by atoms with E-state index >= 15 is 0 Å². The van der Waals surface area contributed by atoms with Gasteiger partial charge in [0, 0.05) is 47.4 Å². The van der Waals surface area contributed by atoms with Gasteiger partial charge in [-0.1, -0.05) is 38.8 Å². The fourth-order valence-corrected chi connectivity index (χ4v) is 11.1. The minimum atomic E-state index is -0.300. The smallest absolute Gasteiger partial charge is 0.242 e. The van der Waals surface area contributed by atoms with Crippen LogP contribution in [0.2, 0.25) is 0 Å². The number of ether oxygens (including phenoxy) is 4. The van der Waals surface area contributed by atoms with Crippen LogP contribution in [-0.4, -0.2) is 82.4 Å². The Kier molecular flexibility index (Phi) is 10.0. The van der Waals surface area contributed by atoms with Crippen molar-refractivity contribution in [1.82, 2.24) is 30.0 Å². The van der Waals surface area contributed by atoms with Crippen LogP contribution >= 0.6 is 0 Å². The molecule has 3 unspecified atom stereocenters. The van der Waals surface area contributed by atoms with Crippen molar-refractivity contribution < 1.29 is 18.9 Å². The molecule has 0 saturated carbocycles. The van der Waals surface area contributed by atoms with Gasteiger partial charge in [0.25, 0.3) is 0 Å². The third-order valence-electron chi connectivity index (χ3n) is 14.3. The van der Waals surface area contributed by atoms with Crippen molar-refractivity contribution in [2.45, 2.75) is 76.7 Å². The van der Waals surface area contributed by atoms with Crippen LogP contribution in [0.15, 0.2) is 85.2 Å². The number of fused-ring (bicyclic) bond motifs is 9. The summed E-state index contributed by atoms with van der Waals surface area (Å²) in [5, 5.41) is 13.7. The maximum Gasteiger partial charge on any atom is 0.242 e. The van der Waals surface area contributed by atoms with Crippen molar-refractivity contribution in [3.63, 3.8) is 0 Å². The lowest BCUT2D eigenvalue weighted by Gasteiger charge is -2.52. The second-order valence-electron chi connectivity index (χ2n) is 17.0. The molecule has 6 fully saturated rings. The first-order valence-electron chi connectivity index (χ1n) is 21.5. The molecule has 0 amide bonds. The first kappa shape index (κ1) is 37.2. The Hall–Kier alpha value is -5.06. The van der Waals surface area contributed by atoms with E-state index in [1.165, 1.54) is 25.7 Å². The highest BCUT2D eigenvalue weighted by Gasteiger charge is 2.46. The molecule has 9 heterocycles. The number of nitrogens with zero attached hydrogens (tertiary/aromatic N) is 6. The number of methoxy groups -OCH3 is 2. The zero-order valence-corrected chi connectivity index (χ0v) is 34.1. The molecule has 0 aliphatic carbocycles. The molecule has 10 nitrogen and oxygen atoms in total. The molecule has 10 heteroatoms. The van der Waals surface area contributed by atoms with Gasteiger partial charge in [-0.25, -0.2) is 0 Å². The number of piperidine rings is 6. The Labute approximate surface area is 340 Å². The fourth-order valence-electron chi connectivity index (χ4n) is 11.1. The Bertz CT molecular complexity index is 2280. The monoisotopic (exact) mass is 778 g/mol. The van der Waals surface area contributed by atoms with Gasteiger partial charge >= 0.3 is 0 Å². The van der Waals surface area contributed by atoms with Crippen LogP contribution in [0.25, 0.3) is 32.6 Å². The largest absolute Gasteiger partial charge is 0.497 e. The van der Waals surface area contributed by atoms with E-state index in [1.807, 2.05) is 36.7 Å². The number of aromatic nitrogens is 4. The molecule has 300 valence electrons. The van der Waals surface area contributed by atoms with Crippen molar-refractivity contribution in [3.05, 3.63) is 96.3 Å². The van der Waals surface area contributed by atoms with Gasteiger partial charge in [-0.05, 0) is 123 Å². The normalized spacial score (nSPS) is 27.4. The quantitative estimate of drug-likeness (QED) is 0.120. The highest BCUT2D eigenvalue weighted by Crippen LogP contribution is 2.47. The summed E-state index contributed by atoms with van der Waals surface area (Å²) in [6.07, 6.45) is 10.2. The SMILES string of the molecule is CC[C@@H]1CN2CC[C@H]1C[C@@H]2C(Oc1nnc(O[C@@H](c2ccnc3ccc(OC)cc23)[C@@H]2C[C@@H]3CCN2C[C@H]3CC)c2ccccc12)c1ccnc2ccc(OC)cc12. The summed E-state index contributed by atoms with van der Waals surface area (Å²) in [5.74, 6) is 5.39. The average Bonchev–Trinajstić information content (AvgIpc) is 3.29. The van der Waals surface area contributed by atoms with Crippen molar-refractivity contribution in [3.8, 4) is 23.3 Å². The lowest BCUT2D eigenvalue weighted by molar-refractivity contribution is -0.0505. The van der Waals surface area contributed by atoms with Gasteiger partial charge in [-0.2, -0.15) is 0 Å². The molecule has 4 bridgehead atoms. The molecule has 3 aromatic carbocycles. The molecule has 12 rings (SSSR count). The summed E-state index contributed by atoms with van der Waals surface area (Å²) in [5.41, 5.74) is 4.01. The highest BCUT2D eigenvalue weighted by molar-refractivity contribution is 5.91. The van der Waals surface area contributed by atoms with Gasteiger partial charge in [0.1, 0.15) is 23.7 Å².